The van der Waals surface area contributed by atoms with Crippen molar-refractivity contribution in [1.82, 2.24) is 9.21 Å². The van der Waals surface area contributed by atoms with Crippen molar-refractivity contribution in [3.05, 3.63) is 53.0 Å². The van der Waals surface area contributed by atoms with Gasteiger partial charge in [0.15, 0.2) is 11.3 Å². The molecule has 0 aromatic heterocycles. The van der Waals surface area contributed by atoms with Crippen LogP contribution in [0, 0.1) is 5.92 Å². The van der Waals surface area contributed by atoms with E-state index in [4.69, 9.17) is 12.2 Å². The molecule has 0 spiro atoms. The lowest BCUT2D eigenvalue weighted by Crippen LogP contribution is -2.66. The third-order valence-corrected chi connectivity index (χ3v) is 12.0. The monoisotopic (exact) mass is 633 g/mol. The Balaban J connectivity index is 1.46. The fourth-order valence-electron chi connectivity index (χ4n) is 5.77. The molecule has 0 bridgehead atoms. The second-order valence-corrected chi connectivity index (χ2v) is 14.7. The molecule has 8 nitrogen and oxygen atoms in total. The van der Waals surface area contributed by atoms with Gasteiger partial charge in [0.25, 0.3) is 0 Å². The maximum absolute atomic E-state index is 13.7. The predicted molar refractivity (Wildman–Crippen MR) is 156 cm³/mol. The zero-order chi connectivity index (χ0) is 29.8. The van der Waals surface area contributed by atoms with Crippen LogP contribution in [0.5, 0.6) is 0 Å². The topological polar surface area (TPSA) is 105 Å². The van der Waals surface area contributed by atoms with Gasteiger partial charge in [-0.1, -0.05) is 36.5 Å². The first-order valence-electron chi connectivity index (χ1n) is 13.5. The number of aliphatic hydroxyl groups is 3. The van der Waals surface area contributed by atoms with Crippen molar-refractivity contribution in [2.45, 2.75) is 55.2 Å². The largest absolute Gasteiger partial charge is 0.421 e. The molecule has 4 aliphatic rings. The Morgan fingerprint density at radius 2 is 1.83 bits per heavy atom. The average molecular weight is 634 g/mol. The minimum Gasteiger partial charge on any atom is -0.378 e. The molecule has 0 amide bonds. The smallest absolute Gasteiger partial charge is 0.378 e. The number of benzene rings is 1. The number of halogens is 3. The summed E-state index contributed by atoms with van der Waals surface area (Å²) in [6.45, 7) is 1.82. The van der Waals surface area contributed by atoms with E-state index in [0.717, 1.165) is 12.8 Å². The Morgan fingerprint density at radius 1 is 1.15 bits per heavy atom. The lowest BCUT2D eigenvalue weighted by molar-refractivity contribution is -0.258. The first-order chi connectivity index (χ1) is 19.2. The fourth-order valence-corrected chi connectivity index (χ4v) is 8.97. The van der Waals surface area contributed by atoms with Crippen LogP contribution < -0.4 is 4.90 Å². The maximum Gasteiger partial charge on any atom is 0.421 e. The van der Waals surface area contributed by atoms with E-state index in [-0.39, 0.29) is 42.6 Å². The number of alkyl halides is 3. The molecule has 3 N–H and O–H groups in total. The number of sulfonamides is 1. The van der Waals surface area contributed by atoms with Gasteiger partial charge in [0, 0.05) is 61.4 Å². The van der Waals surface area contributed by atoms with E-state index in [1.165, 1.54) is 46.4 Å². The van der Waals surface area contributed by atoms with Crippen LogP contribution in [0.2, 0.25) is 0 Å². The Labute approximate surface area is 247 Å². The van der Waals surface area contributed by atoms with Crippen LogP contribution in [-0.2, 0) is 15.6 Å². The summed E-state index contributed by atoms with van der Waals surface area (Å²) in [5.41, 5.74) is -5.24. The normalized spacial score (nSPS) is 30.3. The predicted octanol–water partition coefficient (Wildman–Crippen LogP) is 2.96. The first kappa shape index (κ1) is 30.9. The number of hydrogen-bond acceptors (Lipinski definition) is 9. The van der Waals surface area contributed by atoms with E-state index in [1.807, 2.05) is 9.80 Å². The summed E-state index contributed by atoms with van der Waals surface area (Å²) in [6, 6.07) is 4.93. The molecule has 14 heteroatoms. The van der Waals surface area contributed by atoms with Crippen LogP contribution in [0.4, 0.5) is 18.9 Å². The SMILES string of the molecule is C[C@@](O)(c1ccc(N2CCN(S(=O)(=O)C3=CC=CCC3=S)C[C@@H]2CN2CCSC(O)[C@@]2(O)C2CC2)cc1)C(F)(F)F. The molecule has 2 saturated heterocycles. The zero-order valence-electron chi connectivity index (χ0n) is 22.5. The van der Waals surface area contributed by atoms with Crippen molar-refractivity contribution in [3.8, 4) is 0 Å². The number of aliphatic hydroxyl groups excluding tert-OH is 1. The molecule has 1 saturated carbocycles. The third-order valence-electron chi connectivity index (χ3n) is 8.45. The van der Waals surface area contributed by atoms with Gasteiger partial charge < -0.3 is 20.2 Å². The van der Waals surface area contributed by atoms with E-state index < -0.39 is 39.0 Å². The van der Waals surface area contributed by atoms with E-state index in [0.29, 0.717) is 36.2 Å². The van der Waals surface area contributed by atoms with Gasteiger partial charge in [0.2, 0.25) is 10.0 Å². The van der Waals surface area contributed by atoms with Crippen LogP contribution in [0.1, 0.15) is 31.7 Å². The van der Waals surface area contributed by atoms with Crippen molar-refractivity contribution >= 4 is 44.6 Å². The standard InChI is InChI=1S/C27H34F3N3O5S3/c1-25(35,27(28,29)30)18-8-10-20(11-9-18)33-13-12-32(41(37,38)23-5-3-2-4-22(23)39)17-21(33)16-31-14-15-40-24(34)26(31,36)19-6-7-19/h2-3,5,8-11,19,21,24,34-36H,4,6-7,12-17H2,1H3/t21-,24?,25+,26-/m0/s1. The first-order valence-corrected chi connectivity index (χ1v) is 16.4. The van der Waals surface area contributed by atoms with Gasteiger partial charge in [-0.05, 0) is 43.5 Å². The van der Waals surface area contributed by atoms with E-state index in [2.05, 4.69) is 0 Å². The molecule has 1 aromatic carbocycles. The molecule has 2 aliphatic heterocycles. The Kier molecular flexibility index (Phi) is 8.44. The van der Waals surface area contributed by atoms with Gasteiger partial charge in [-0.15, -0.1) is 11.8 Å². The molecule has 1 aromatic rings. The number of piperazine rings is 1. The van der Waals surface area contributed by atoms with Crippen LogP contribution in [0.3, 0.4) is 0 Å². The minimum absolute atomic E-state index is 0.0501. The third kappa shape index (κ3) is 5.74. The molecule has 0 radical (unpaired) electrons. The van der Waals surface area contributed by atoms with Gasteiger partial charge in [-0.25, -0.2) is 8.42 Å². The average Bonchev–Trinajstić information content (AvgIpc) is 3.77. The lowest BCUT2D eigenvalue weighted by atomic mass is 9.95. The molecule has 226 valence electrons. The van der Waals surface area contributed by atoms with Gasteiger partial charge in [-0.3, -0.25) is 4.90 Å². The quantitative estimate of drug-likeness (QED) is 0.391. The number of hydrogen-bond donors (Lipinski definition) is 3. The molecule has 2 aliphatic carbocycles. The van der Waals surface area contributed by atoms with Crippen molar-refractivity contribution in [2.75, 3.05) is 43.4 Å². The van der Waals surface area contributed by atoms with E-state index in [1.54, 1.807) is 12.2 Å². The second kappa shape index (κ2) is 11.2. The van der Waals surface area contributed by atoms with E-state index >= 15 is 0 Å². The molecular formula is C27H34F3N3O5S3. The number of anilines is 1. The van der Waals surface area contributed by atoms with E-state index in [9.17, 15) is 36.9 Å². The second-order valence-electron chi connectivity index (χ2n) is 11.1. The molecule has 5 rings (SSSR count). The molecule has 3 fully saturated rings. The van der Waals surface area contributed by atoms with Crippen LogP contribution in [0.25, 0.3) is 0 Å². The Morgan fingerprint density at radius 3 is 2.44 bits per heavy atom. The summed E-state index contributed by atoms with van der Waals surface area (Å²) in [7, 11) is -3.92. The summed E-state index contributed by atoms with van der Waals surface area (Å²) >= 11 is 6.63. The number of allylic oxidation sites excluding steroid dienone is 4. The molecular weight excluding hydrogens is 600 g/mol. The van der Waals surface area contributed by atoms with Crippen molar-refractivity contribution in [3.63, 3.8) is 0 Å². The number of thiocarbonyl (C=S) groups is 1. The van der Waals surface area contributed by atoms with Crippen LogP contribution in [-0.4, -0.2) is 99.7 Å². The van der Waals surface area contributed by atoms with Crippen LogP contribution >= 0.6 is 24.0 Å². The summed E-state index contributed by atoms with van der Waals surface area (Å²) < 4.78 is 68.9. The summed E-state index contributed by atoms with van der Waals surface area (Å²) in [5, 5.41) is 32.5. The van der Waals surface area contributed by atoms with Crippen molar-refractivity contribution in [2.24, 2.45) is 5.92 Å². The lowest BCUT2D eigenvalue weighted by Gasteiger charge is -2.50. The number of nitrogens with zero attached hydrogens (tertiary/aromatic N) is 3. The number of rotatable bonds is 7. The fraction of sp³-hybridized carbons (Fsp3) is 0.593. The molecule has 2 heterocycles. The highest BCUT2D eigenvalue weighted by Crippen LogP contribution is 2.48. The molecule has 41 heavy (non-hydrogen) atoms. The van der Waals surface area contributed by atoms with Gasteiger partial charge in [0.05, 0.1) is 10.9 Å². The van der Waals surface area contributed by atoms with Gasteiger partial charge >= 0.3 is 6.18 Å². The Bertz CT molecular complexity index is 1330. The molecule has 1 unspecified atom stereocenters. The van der Waals surface area contributed by atoms with Gasteiger partial charge in [0.1, 0.15) is 5.44 Å². The van der Waals surface area contributed by atoms with Crippen LogP contribution in [0.15, 0.2) is 47.4 Å². The summed E-state index contributed by atoms with van der Waals surface area (Å²) in [6.07, 6.45) is 2.00. The van der Waals surface area contributed by atoms with Crippen molar-refractivity contribution in [1.29, 1.82) is 0 Å². The number of thioether (sulfide) groups is 1. The highest BCUT2D eigenvalue weighted by molar-refractivity contribution is 7.99. The highest BCUT2D eigenvalue weighted by Gasteiger charge is 2.56. The molecule has 4 atom stereocenters. The zero-order valence-corrected chi connectivity index (χ0v) is 24.9. The van der Waals surface area contributed by atoms with Gasteiger partial charge in [-0.2, -0.15) is 17.5 Å². The maximum atomic E-state index is 13.7. The van der Waals surface area contributed by atoms with Crippen molar-refractivity contribution < 1.29 is 36.9 Å². The summed E-state index contributed by atoms with van der Waals surface area (Å²) in [4.78, 5) is 4.17. The minimum atomic E-state index is -4.86. The summed E-state index contributed by atoms with van der Waals surface area (Å²) in [5.74, 6) is 0.488. The Hall–Kier alpha value is -1.52. The highest BCUT2D eigenvalue weighted by atomic mass is 32.2.